The largest absolute Gasteiger partial charge is 0.388 e. The number of hydrogen-bond donors (Lipinski definition) is 1. The molecule has 1 aliphatic rings. The summed E-state index contributed by atoms with van der Waals surface area (Å²) in [5.41, 5.74) is 6.92. The van der Waals surface area contributed by atoms with Crippen molar-refractivity contribution >= 4 is 0 Å². The molecule has 2 rings (SSSR count). The topological polar surface area (TPSA) is 20.2 Å². The Morgan fingerprint density at radius 1 is 1.33 bits per heavy atom. The van der Waals surface area contributed by atoms with E-state index >= 15 is 0 Å². The third-order valence-corrected chi connectivity index (χ3v) is 5.39. The summed E-state index contributed by atoms with van der Waals surface area (Å²) < 4.78 is 0. The van der Waals surface area contributed by atoms with Crippen molar-refractivity contribution in [1.82, 2.24) is 0 Å². The van der Waals surface area contributed by atoms with Crippen LogP contribution in [-0.4, -0.2) is 5.11 Å². The molecule has 0 amide bonds. The number of fused-ring (bicyclic) bond motifs is 1. The molecular weight excluding hydrogens is 256 g/mol. The van der Waals surface area contributed by atoms with Crippen molar-refractivity contribution in [3.05, 3.63) is 33.9 Å². The lowest BCUT2D eigenvalue weighted by molar-refractivity contribution is 0.0451. The molecular formula is C20H32O. The van der Waals surface area contributed by atoms with Crippen LogP contribution in [0.5, 0.6) is 0 Å². The lowest BCUT2D eigenvalue weighted by Crippen LogP contribution is -2.22. The Morgan fingerprint density at radius 2 is 2.00 bits per heavy atom. The van der Waals surface area contributed by atoms with Crippen molar-refractivity contribution in [3.63, 3.8) is 0 Å². The van der Waals surface area contributed by atoms with Crippen molar-refractivity contribution in [3.8, 4) is 0 Å². The van der Waals surface area contributed by atoms with Gasteiger partial charge in [-0.2, -0.15) is 0 Å². The van der Waals surface area contributed by atoms with Gasteiger partial charge in [0.2, 0.25) is 0 Å². The fourth-order valence-electron chi connectivity index (χ4n) is 4.15. The molecule has 0 spiro atoms. The van der Waals surface area contributed by atoms with Crippen molar-refractivity contribution in [2.45, 2.75) is 79.8 Å². The van der Waals surface area contributed by atoms with Crippen LogP contribution in [0.25, 0.3) is 0 Å². The van der Waals surface area contributed by atoms with Gasteiger partial charge in [-0.05, 0) is 73.3 Å². The molecule has 0 bridgehead atoms. The van der Waals surface area contributed by atoms with Crippen LogP contribution < -0.4 is 0 Å². The number of aliphatic hydroxyl groups excluding tert-OH is 1. The molecule has 0 saturated heterocycles. The molecule has 1 aliphatic carbocycles. The number of aliphatic hydroxyl groups is 1. The standard InChI is InChI=1S/C20H32O/c1-7-10-20(6)12-16-11-14(4)17(9-8-13(2)3)15(5)18(16)19(20)21/h11,13,19,21H,7-10,12H2,1-6H3. The minimum Gasteiger partial charge on any atom is -0.388 e. The van der Waals surface area contributed by atoms with Crippen LogP contribution in [-0.2, 0) is 12.8 Å². The van der Waals surface area contributed by atoms with E-state index in [2.05, 4.69) is 47.6 Å². The summed E-state index contributed by atoms with van der Waals surface area (Å²) in [6.07, 6.45) is 5.35. The third kappa shape index (κ3) is 3.04. The average molecular weight is 288 g/mol. The second-order valence-electron chi connectivity index (χ2n) is 7.79. The molecule has 0 heterocycles. The third-order valence-electron chi connectivity index (χ3n) is 5.39. The first-order valence-corrected chi connectivity index (χ1v) is 8.60. The maximum absolute atomic E-state index is 10.9. The van der Waals surface area contributed by atoms with E-state index in [1.165, 1.54) is 34.2 Å². The van der Waals surface area contributed by atoms with Gasteiger partial charge in [0, 0.05) is 5.41 Å². The fraction of sp³-hybridized carbons (Fsp3) is 0.700. The monoisotopic (exact) mass is 288 g/mol. The zero-order valence-corrected chi connectivity index (χ0v) is 14.7. The molecule has 0 fully saturated rings. The highest BCUT2D eigenvalue weighted by molar-refractivity contribution is 5.50. The van der Waals surface area contributed by atoms with Crippen LogP contribution in [0.3, 0.4) is 0 Å². The summed E-state index contributed by atoms with van der Waals surface area (Å²) in [4.78, 5) is 0. The van der Waals surface area contributed by atoms with E-state index in [1.807, 2.05) is 0 Å². The molecule has 0 saturated carbocycles. The molecule has 0 aliphatic heterocycles. The highest BCUT2D eigenvalue weighted by atomic mass is 16.3. The predicted molar refractivity (Wildman–Crippen MR) is 90.8 cm³/mol. The van der Waals surface area contributed by atoms with E-state index in [0.717, 1.165) is 31.6 Å². The maximum atomic E-state index is 10.9. The highest BCUT2D eigenvalue weighted by Gasteiger charge is 2.42. The van der Waals surface area contributed by atoms with E-state index in [9.17, 15) is 5.11 Å². The van der Waals surface area contributed by atoms with E-state index in [1.54, 1.807) is 0 Å². The van der Waals surface area contributed by atoms with Gasteiger partial charge in [0.15, 0.2) is 0 Å². The van der Waals surface area contributed by atoms with Crippen molar-refractivity contribution < 1.29 is 5.11 Å². The first-order chi connectivity index (χ1) is 9.80. The van der Waals surface area contributed by atoms with Gasteiger partial charge in [-0.25, -0.2) is 0 Å². The van der Waals surface area contributed by atoms with Gasteiger partial charge < -0.3 is 5.11 Å². The molecule has 21 heavy (non-hydrogen) atoms. The molecule has 118 valence electrons. The molecule has 2 atom stereocenters. The van der Waals surface area contributed by atoms with Crippen molar-refractivity contribution in [1.29, 1.82) is 0 Å². The van der Waals surface area contributed by atoms with Gasteiger partial charge >= 0.3 is 0 Å². The summed E-state index contributed by atoms with van der Waals surface area (Å²) in [6, 6.07) is 2.35. The van der Waals surface area contributed by atoms with Crippen LogP contribution in [0.4, 0.5) is 0 Å². The lowest BCUT2D eigenvalue weighted by atomic mass is 9.80. The van der Waals surface area contributed by atoms with E-state index in [4.69, 9.17) is 0 Å². The Labute approximate surface area is 130 Å². The van der Waals surface area contributed by atoms with E-state index in [-0.39, 0.29) is 11.5 Å². The Balaban J connectivity index is 2.39. The lowest BCUT2D eigenvalue weighted by Gasteiger charge is -2.28. The maximum Gasteiger partial charge on any atom is 0.0852 e. The summed E-state index contributed by atoms with van der Waals surface area (Å²) >= 11 is 0. The first kappa shape index (κ1) is 16.5. The number of hydrogen-bond acceptors (Lipinski definition) is 1. The molecule has 1 aromatic rings. The average Bonchev–Trinajstić information content (AvgIpc) is 2.61. The van der Waals surface area contributed by atoms with Crippen LogP contribution in [0, 0.1) is 25.2 Å². The van der Waals surface area contributed by atoms with E-state index in [0.29, 0.717) is 0 Å². The Bertz CT molecular complexity index is 515. The van der Waals surface area contributed by atoms with Crippen LogP contribution in [0.1, 0.15) is 80.9 Å². The molecule has 0 radical (unpaired) electrons. The zero-order valence-electron chi connectivity index (χ0n) is 14.7. The molecule has 1 heteroatoms. The van der Waals surface area contributed by atoms with Crippen molar-refractivity contribution in [2.75, 3.05) is 0 Å². The van der Waals surface area contributed by atoms with Gasteiger partial charge in [-0.15, -0.1) is 0 Å². The van der Waals surface area contributed by atoms with Crippen LogP contribution in [0.15, 0.2) is 6.07 Å². The van der Waals surface area contributed by atoms with Gasteiger partial charge in [0.05, 0.1) is 6.10 Å². The summed E-state index contributed by atoms with van der Waals surface area (Å²) in [5.74, 6) is 0.729. The number of aryl methyl sites for hydroxylation is 1. The summed E-state index contributed by atoms with van der Waals surface area (Å²) in [5, 5.41) is 10.9. The Hall–Kier alpha value is -0.820. The minimum atomic E-state index is -0.286. The second kappa shape index (κ2) is 6.12. The number of rotatable bonds is 5. The number of benzene rings is 1. The van der Waals surface area contributed by atoms with Crippen LogP contribution >= 0.6 is 0 Å². The Kier molecular flexibility index (Phi) is 4.82. The highest BCUT2D eigenvalue weighted by Crippen LogP contribution is 2.50. The quantitative estimate of drug-likeness (QED) is 0.780. The molecule has 1 N–H and O–H groups in total. The normalized spacial score (nSPS) is 24.7. The first-order valence-electron chi connectivity index (χ1n) is 8.60. The zero-order chi connectivity index (χ0) is 15.8. The minimum absolute atomic E-state index is 0.0327. The molecule has 2 unspecified atom stereocenters. The summed E-state index contributed by atoms with van der Waals surface area (Å²) in [6.45, 7) is 13.5. The summed E-state index contributed by atoms with van der Waals surface area (Å²) in [7, 11) is 0. The van der Waals surface area contributed by atoms with E-state index < -0.39 is 0 Å². The van der Waals surface area contributed by atoms with Gasteiger partial charge in [-0.1, -0.05) is 40.2 Å². The molecule has 1 aromatic carbocycles. The fourth-order valence-corrected chi connectivity index (χ4v) is 4.15. The van der Waals surface area contributed by atoms with Gasteiger partial charge in [0.25, 0.3) is 0 Å². The predicted octanol–water partition coefficient (Wildman–Crippen LogP) is 5.29. The van der Waals surface area contributed by atoms with Crippen molar-refractivity contribution in [2.24, 2.45) is 11.3 Å². The van der Waals surface area contributed by atoms with Gasteiger partial charge in [0.1, 0.15) is 0 Å². The second-order valence-corrected chi connectivity index (χ2v) is 7.79. The Morgan fingerprint density at radius 3 is 2.57 bits per heavy atom. The molecule has 0 aromatic heterocycles. The van der Waals surface area contributed by atoms with Crippen LogP contribution in [0.2, 0.25) is 0 Å². The molecule has 1 nitrogen and oxygen atoms in total. The smallest absolute Gasteiger partial charge is 0.0852 e. The van der Waals surface area contributed by atoms with Gasteiger partial charge in [-0.3, -0.25) is 0 Å². The SMILES string of the molecule is CCCC1(C)Cc2cc(C)c(CCC(C)C)c(C)c2C1O.